The fourth-order valence-corrected chi connectivity index (χ4v) is 3.59. The number of nitrogens with one attached hydrogen (secondary N) is 1. The van der Waals surface area contributed by atoms with Gasteiger partial charge in [-0.3, -0.25) is 0 Å². The molecule has 0 aliphatic heterocycles. The average molecular weight is 303 g/mol. The van der Waals surface area contributed by atoms with Gasteiger partial charge in [0.05, 0.1) is 18.8 Å². The molecule has 0 saturated carbocycles. The third-order valence-electron chi connectivity index (χ3n) is 3.68. The fraction of sp³-hybridized carbons (Fsp3) is 0.333. The molecule has 0 spiro atoms. The molecule has 6 heteroatoms. The Hall–Kier alpha value is -2.08. The smallest absolute Gasteiger partial charge is 0.356 e. The first kappa shape index (κ1) is 13.9. The van der Waals surface area contributed by atoms with E-state index in [2.05, 4.69) is 21.7 Å². The van der Waals surface area contributed by atoms with Gasteiger partial charge in [0.15, 0.2) is 11.5 Å². The monoisotopic (exact) mass is 303 g/mol. The van der Waals surface area contributed by atoms with Crippen LogP contribution >= 0.6 is 11.3 Å². The zero-order valence-electron chi connectivity index (χ0n) is 11.8. The summed E-state index contributed by atoms with van der Waals surface area (Å²) in [6.45, 7) is 0. The predicted octanol–water partition coefficient (Wildman–Crippen LogP) is 3.00. The molecule has 2 aromatic heterocycles. The maximum atomic E-state index is 11.6. The van der Waals surface area contributed by atoms with Crippen LogP contribution in [0.2, 0.25) is 0 Å². The van der Waals surface area contributed by atoms with Crippen molar-refractivity contribution in [3.63, 3.8) is 0 Å². The lowest BCUT2D eigenvalue weighted by molar-refractivity contribution is 0.0594. The van der Waals surface area contributed by atoms with Gasteiger partial charge in [0, 0.05) is 4.88 Å². The third-order valence-corrected chi connectivity index (χ3v) is 4.68. The molecular formula is C15H17N3O2S. The Balaban J connectivity index is 1.87. The highest BCUT2D eigenvalue weighted by atomic mass is 32.1. The largest absolute Gasteiger partial charge is 0.464 e. The standard InChI is InChI=1S/C15H17N3O2S/c1-20-15(19)12-6-5-10(16)14(18-12)17-11-3-2-4-13-9(11)7-8-21-13/h5-8,11H,2-4,16H2,1H3,(H,17,18). The van der Waals surface area contributed by atoms with Crippen molar-refractivity contribution in [2.75, 3.05) is 18.2 Å². The number of carbonyl (C=O) groups is 1. The molecule has 1 atom stereocenters. The maximum Gasteiger partial charge on any atom is 0.356 e. The summed E-state index contributed by atoms with van der Waals surface area (Å²) in [5.74, 6) is 0.0832. The van der Waals surface area contributed by atoms with Crippen molar-refractivity contribution < 1.29 is 9.53 Å². The Labute approximate surface area is 127 Å². The Morgan fingerprint density at radius 3 is 3.14 bits per heavy atom. The number of pyridine rings is 1. The number of aromatic nitrogens is 1. The minimum absolute atomic E-state index is 0.197. The average Bonchev–Trinajstić information content (AvgIpc) is 2.98. The number of methoxy groups -OCH3 is 1. The van der Waals surface area contributed by atoms with E-state index in [1.54, 1.807) is 23.5 Å². The van der Waals surface area contributed by atoms with E-state index in [4.69, 9.17) is 10.5 Å². The van der Waals surface area contributed by atoms with Crippen molar-refractivity contribution in [1.29, 1.82) is 0 Å². The van der Waals surface area contributed by atoms with Gasteiger partial charge in [-0.25, -0.2) is 9.78 Å². The van der Waals surface area contributed by atoms with Crippen LogP contribution in [0, 0.1) is 0 Å². The molecule has 1 aliphatic rings. The number of nitrogen functional groups attached to an aromatic ring is 1. The third kappa shape index (κ3) is 2.71. The van der Waals surface area contributed by atoms with E-state index in [0.29, 0.717) is 11.5 Å². The molecule has 3 N–H and O–H groups in total. The summed E-state index contributed by atoms with van der Waals surface area (Å²) in [6, 6.07) is 5.60. The lowest BCUT2D eigenvalue weighted by Crippen LogP contribution is -2.18. The Morgan fingerprint density at radius 2 is 2.33 bits per heavy atom. The van der Waals surface area contributed by atoms with E-state index in [9.17, 15) is 4.79 Å². The summed E-state index contributed by atoms with van der Waals surface area (Å²) in [7, 11) is 1.34. The van der Waals surface area contributed by atoms with Crippen LogP contribution in [0.4, 0.5) is 11.5 Å². The number of ether oxygens (including phenoxy) is 1. The highest BCUT2D eigenvalue weighted by molar-refractivity contribution is 7.10. The van der Waals surface area contributed by atoms with Crippen LogP contribution in [-0.2, 0) is 11.2 Å². The van der Waals surface area contributed by atoms with Crippen LogP contribution in [0.25, 0.3) is 0 Å². The van der Waals surface area contributed by atoms with Crippen LogP contribution in [0.5, 0.6) is 0 Å². The molecule has 21 heavy (non-hydrogen) atoms. The van der Waals surface area contributed by atoms with Crippen molar-refractivity contribution in [3.05, 3.63) is 39.7 Å². The summed E-state index contributed by atoms with van der Waals surface area (Å²) < 4.78 is 4.70. The van der Waals surface area contributed by atoms with Crippen LogP contribution in [0.1, 0.15) is 39.8 Å². The van der Waals surface area contributed by atoms with E-state index in [-0.39, 0.29) is 11.7 Å². The number of hydrogen-bond donors (Lipinski definition) is 2. The predicted molar refractivity (Wildman–Crippen MR) is 83.6 cm³/mol. The molecule has 1 aliphatic carbocycles. The second-order valence-electron chi connectivity index (χ2n) is 5.01. The van der Waals surface area contributed by atoms with Gasteiger partial charge in [-0.15, -0.1) is 11.3 Å². The van der Waals surface area contributed by atoms with E-state index in [1.807, 2.05) is 0 Å². The number of esters is 1. The van der Waals surface area contributed by atoms with Crippen LogP contribution in [0.15, 0.2) is 23.6 Å². The number of rotatable bonds is 3. The number of hydrogen-bond acceptors (Lipinski definition) is 6. The van der Waals surface area contributed by atoms with Gasteiger partial charge in [0.1, 0.15) is 0 Å². The van der Waals surface area contributed by atoms with E-state index >= 15 is 0 Å². The van der Waals surface area contributed by atoms with Crippen molar-refractivity contribution in [2.45, 2.75) is 25.3 Å². The first-order chi connectivity index (χ1) is 10.2. The van der Waals surface area contributed by atoms with Gasteiger partial charge in [0.25, 0.3) is 0 Å². The van der Waals surface area contributed by atoms with Crippen molar-refractivity contribution >= 4 is 28.8 Å². The summed E-state index contributed by atoms with van der Waals surface area (Å²) in [5, 5.41) is 5.49. The van der Waals surface area contributed by atoms with Gasteiger partial charge in [-0.05, 0) is 48.4 Å². The fourth-order valence-electron chi connectivity index (χ4n) is 2.61. The molecule has 0 fully saturated rings. The molecule has 0 aromatic carbocycles. The van der Waals surface area contributed by atoms with E-state index < -0.39 is 5.97 Å². The van der Waals surface area contributed by atoms with Crippen LogP contribution < -0.4 is 11.1 Å². The molecule has 3 rings (SSSR count). The summed E-state index contributed by atoms with van der Waals surface area (Å²) in [4.78, 5) is 17.3. The number of nitrogens with zero attached hydrogens (tertiary/aromatic N) is 1. The first-order valence-electron chi connectivity index (χ1n) is 6.86. The number of aryl methyl sites for hydroxylation is 1. The molecule has 1 unspecified atom stereocenters. The molecule has 110 valence electrons. The molecule has 5 nitrogen and oxygen atoms in total. The molecular weight excluding hydrogens is 286 g/mol. The molecule has 2 aromatic rings. The molecule has 0 saturated heterocycles. The molecule has 2 heterocycles. The highest BCUT2D eigenvalue weighted by Gasteiger charge is 2.22. The Morgan fingerprint density at radius 1 is 1.48 bits per heavy atom. The van der Waals surface area contributed by atoms with Gasteiger partial charge >= 0.3 is 5.97 Å². The number of nitrogens with two attached hydrogens (primary N) is 1. The highest BCUT2D eigenvalue weighted by Crippen LogP contribution is 2.36. The zero-order valence-corrected chi connectivity index (χ0v) is 12.6. The lowest BCUT2D eigenvalue weighted by atomic mass is 9.94. The lowest BCUT2D eigenvalue weighted by Gasteiger charge is -2.24. The summed E-state index contributed by atoms with van der Waals surface area (Å²) in [6.07, 6.45) is 3.31. The number of fused-ring (bicyclic) bond motifs is 1. The van der Waals surface area contributed by atoms with E-state index in [1.165, 1.54) is 17.6 Å². The zero-order chi connectivity index (χ0) is 14.8. The van der Waals surface area contributed by atoms with Gasteiger partial charge in [-0.2, -0.15) is 0 Å². The second kappa shape index (κ2) is 5.73. The SMILES string of the molecule is COC(=O)c1ccc(N)c(NC2CCCc3sccc32)n1. The maximum absolute atomic E-state index is 11.6. The minimum Gasteiger partial charge on any atom is -0.464 e. The van der Waals surface area contributed by atoms with Crippen molar-refractivity contribution in [2.24, 2.45) is 0 Å². The Bertz CT molecular complexity index is 669. The normalized spacial score (nSPS) is 17.1. The van der Waals surface area contributed by atoms with Gasteiger partial charge in [0.2, 0.25) is 0 Å². The molecule has 0 amide bonds. The summed E-state index contributed by atoms with van der Waals surface area (Å²) in [5.41, 5.74) is 8.08. The van der Waals surface area contributed by atoms with E-state index in [0.717, 1.165) is 19.3 Å². The Kier molecular flexibility index (Phi) is 3.79. The van der Waals surface area contributed by atoms with Crippen molar-refractivity contribution in [1.82, 2.24) is 4.98 Å². The number of carbonyl (C=O) groups excluding carboxylic acids is 1. The second-order valence-corrected chi connectivity index (χ2v) is 6.01. The number of thiophene rings is 1. The quantitative estimate of drug-likeness (QED) is 0.852. The van der Waals surface area contributed by atoms with Crippen LogP contribution in [0.3, 0.4) is 0 Å². The van der Waals surface area contributed by atoms with Crippen LogP contribution in [-0.4, -0.2) is 18.1 Å². The first-order valence-corrected chi connectivity index (χ1v) is 7.74. The van der Waals surface area contributed by atoms with Crippen molar-refractivity contribution in [3.8, 4) is 0 Å². The number of anilines is 2. The summed E-state index contributed by atoms with van der Waals surface area (Å²) >= 11 is 1.79. The topological polar surface area (TPSA) is 77.2 Å². The minimum atomic E-state index is -0.460. The molecule has 0 bridgehead atoms. The van der Waals surface area contributed by atoms with Gasteiger partial charge < -0.3 is 15.8 Å². The van der Waals surface area contributed by atoms with Gasteiger partial charge in [-0.1, -0.05) is 0 Å². The molecule has 0 radical (unpaired) electrons.